The van der Waals surface area contributed by atoms with E-state index in [1.807, 2.05) is 96.6 Å². The molecule has 7 nitrogen and oxygen atoms in total. The number of hydrogen-bond acceptors (Lipinski definition) is 4. The van der Waals surface area contributed by atoms with Crippen LogP contribution >= 0.6 is 0 Å². The van der Waals surface area contributed by atoms with E-state index in [4.69, 9.17) is 4.74 Å². The van der Waals surface area contributed by atoms with E-state index < -0.39 is 17.8 Å². The summed E-state index contributed by atoms with van der Waals surface area (Å²) in [4.78, 5) is 39.3. The van der Waals surface area contributed by atoms with E-state index in [-0.39, 0.29) is 12.1 Å². The number of nitrogens with one attached hydrogen (secondary N) is 1. The van der Waals surface area contributed by atoms with Crippen molar-refractivity contribution in [2.45, 2.75) is 20.0 Å². The quantitative estimate of drug-likeness (QED) is 0.308. The molecule has 1 N–H and O–H groups in total. The van der Waals surface area contributed by atoms with Gasteiger partial charge in [0, 0.05) is 22.7 Å². The van der Waals surface area contributed by atoms with Crippen molar-refractivity contribution in [3.8, 4) is 5.75 Å². The molecule has 3 aromatic carbocycles. The van der Waals surface area contributed by atoms with Gasteiger partial charge in [0.15, 0.2) is 0 Å². The zero-order chi connectivity index (χ0) is 25.1. The number of para-hydroxylation sites is 2. The molecule has 0 unspecified atom stereocenters. The number of fused-ring (bicyclic) bond motifs is 1. The van der Waals surface area contributed by atoms with Gasteiger partial charge in [0.25, 0.3) is 11.8 Å². The van der Waals surface area contributed by atoms with Gasteiger partial charge in [-0.25, -0.2) is 4.79 Å². The SMILES string of the molecule is Cc1ccccc1OCCn1cc(C=C2C(=O)NC(=O)N(Cc3ccccc3)C2=O)c2ccccc21. The van der Waals surface area contributed by atoms with Crippen LogP contribution in [0.25, 0.3) is 17.0 Å². The summed E-state index contributed by atoms with van der Waals surface area (Å²) >= 11 is 0. The number of imide groups is 2. The second-order valence-corrected chi connectivity index (χ2v) is 8.60. The van der Waals surface area contributed by atoms with E-state index in [2.05, 4.69) is 5.32 Å². The maximum absolute atomic E-state index is 13.2. The third-order valence-corrected chi connectivity index (χ3v) is 6.17. The number of urea groups is 1. The molecular formula is C29H25N3O4. The number of aryl methyl sites for hydroxylation is 1. The number of aromatic nitrogens is 1. The van der Waals surface area contributed by atoms with E-state index in [0.717, 1.165) is 32.7 Å². The van der Waals surface area contributed by atoms with Crippen LogP contribution in [0.3, 0.4) is 0 Å². The van der Waals surface area contributed by atoms with Crippen molar-refractivity contribution in [1.29, 1.82) is 0 Å². The third kappa shape index (κ3) is 4.63. The van der Waals surface area contributed by atoms with Crippen LogP contribution in [0, 0.1) is 6.92 Å². The zero-order valence-corrected chi connectivity index (χ0v) is 19.8. The Kier molecular flexibility index (Phi) is 6.36. The van der Waals surface area contributed by atoms with Crippen molar-refractivity contribution < 1.29 is 19.1 Å². The first-order valence-electron chi connectivity index (χ1n) is 11.7. The van der Waals surface area contributed by atoms with Crippen LogP contribution in [-0.2, 0) is 22.7 Å². The van der Waals surface area contributed by atoms with Gasteiger partial charge in [0.1, 0.15) is 17.9 Å². The summed E-state index contributed by atoms with van der Waals surface area (Å²) in [5, 5.41) is 3.19. The van der Waals surface area contributed by atoms with E-state index in [1.54, 1.807) is 6.08 Å². The molecule has 1 aliphatic rings. The Hall–Kier alpha value is -4.65. The number of rotatable bonds is 7. The Balaban J connectivity index is 1.42. The highest BCUT2D eigenvalue weighted by atomic mass is 16.5. The average molecular weight is 480 g/mol. The van der Waals surface area contributed by atoms with Gasteiger partial charge in [-0.05, 0) is 36.3 Å². The number of carbonyl (C=O) groups excluding carboxylic acids is 3. The number of benzene rings is 3. The van der Waals surface area contributed by atoms with E-state index >= 15 is 0 Å². The number of nitrogens with zero attached hydrogens (tertiary/aromatic N) is 2. The van der Waals surface area contributed by atoms with Gasteiger partial charge < -0.3 is 9.30 Å². The van der Waals surface area contributed by atoms with Crippen molar-refractivity contribution in [2.24, 2.45) is 0 Å². The maximum atomic E-state index is 13.2. The fourth-order valence-corrected chi connectivity index (χ4v) is 4.31. The molecule has 0 saturated carbocycles. The molecule has 0 spiro atoms. The van der Waals surface area contributed by atoms with Gasteiger partial charge in [0.05, 0.1) is 13.1 Å². The number of carbonyl (C=O) groups is 3. The summed E-state index contributed by atoms with van der Waals surface area (Å²) in [6.45, 7) is 3.12. The van der Waals surface area contributed by atoms with Gasteiger partial charge in [-0.2, -0.15) is 0 Å². The van der Waals surface area contributed by atoms with Crippen LogP contribution in [-0.4, -0.2) is 33.9 Å². The second-order valence-electron chi connectivity index (χ2n) is 8.60. The minimum atomic E-state index is -0.721. The molecule has 1 aromatic heterocycles. The van der Waals surface area contributed by atoms with Crippen LogP contribution in [0.15, 0.2) is 90.6 Å². The molecule has 5 rings (SSSR count). The first-order valence-corrected chi connectivity index (χ1v) is 11.7. The molecule has 4 aromatic rings. The van der Waals surface area contributed by atoms with Crippen molar-refractivity contribution in [3.05, 3.63) is 107 Å². The van der Waals surface area contributed by atoms with Gasteiger partial charge in [0.2, 0.25) is 0 Å². The molecule has 180 valence electrons. The Labute approximate surface area is 208 Å². The topological polar surface area (TPSA) is 80.6 Å². The van der Waals surface area contributed by atoms with Crippen LogP contribution < -0.4 is 10.1 Å². The second kappa shape index (κ2) is 9.92. The normalized spacial score (nSPS) is 15.0. The minimum Gasteiger partial charge on any atom is -0.491 e. The molecule has 0 atom stereocenters. The highest BCUT2D eigenvalue weighted by Crippen LogP contribution is 2.26. The number of ether oxygens (including phenoxy) is 1. The van der Waals surface area contributed by atoms with Gasteiger partial charge in [-0.1, -0.05) is 66.7 Å². The lowest BCUT2D eigenvalue weighted by Gasteiger charge is -2.26. The molecule has 0 aliphatic carbocycles. The molecule has 36 heavy (non-hydrogen) atoms. The van der Waals surface area contributed by atoms with Crippen LogP contribution in [0.5, 0.6) is 5.75 Å². The first-order chi connectivity index (χ1) is 17.5. The summed E-state index contributed by atoms with van der Waals surface area (Å²) in [5.74, 6) is -0.481. The fraction of sp³-hybridized carbons (Fsp3) is 0.138. The Morgan fingerprint density at radius 2 is 1.61 bits per heavy atom. The predicted octanol–water partition coefficient (Wildman–Crippen LogP) is 4.69. The summed E-state index contributed by atoms with van der Waals surface area (Å²) in [6.07, 6.45) is 3.46. The third-order valence-electron chi connectivity index (χ3n) is 6.17. The maximum Gasteiger partial charge on any atom is 0.331 e. The lowest BCUT2D eigenvalue weighted by atomic mass is 10.1. The van der Waals surface area contributed by atoms with Crippen molar-refractivity contribution in [2.75, 3.05) is 6.61 Å². The van der Waals surface area contributed by atoms with Crippen molar-refractivity contribution >= 4 is 34.8 Å². The summed E-state index contributed by atoms with van der Waals surface area (Å²) in [5.41, 5.74) is 3.45. The summed E-state index contributed by atoms with van der Waals surface area (Å²) < 4.78 is 8.01. The summed E-state index contributed by atoms with van der Waals surface area (Å²) in [7, 11) is 0. The molecule has 4 amide bonds. The Morgan fingerprint density at radius 3 is 2.42 bits per heavy atom. The Bertz CT molecular complexity index is 1490. The van der Waals surface area contributed by atoms with E-state index in [1.165, 1.54) is 0 Å². The molecule has 0 bridgehead atoms. The highest BCUT2D eigenvalue weighted by Gasteiger charge is 2.35. The average Bonchev–Trinajstić information content (AvgIpc) is 3.23. The van der Waals surface area contributed by atoms with Gasteiger partial charge >= 0.3 is 6.03 Å². The largest absolute Gasteiger partial charge is 0.491 e. The summed E-state index contributed by atoms with van der Waals surface area (Å²) in [6, 6.07) is 24.1. The zero-order valence-electron chi connectivity index (χ0n) is 19.8. The van der Waals surface area contributed by atoms with Gasteiger partial charge in [-0.3, -0.25) is 19.8 Å². The first kappa shape index (κ1) is 23.1. The molecule has 7 heteroatoms. The lowest BCUT2D eigenvalue weighted by molar-refractivity contribution is -0.130. The lowest BCUT2D eigenvalue weighted by Crippen LogP contribution is -2.53. The van der Waals surface area contributed by atoms with Crippen LogP contribution in [0.1, 0.15) is 16.7 Å². The van der Waals surface area contributed by atoms with E-state index in [9.17, 15) is 14.4 Å². The van der Waals surface area contributed by atoms with Crippen molar-refractivity contribution in [1.82, 2.24) is 14.8 Å². The van der Waals surface area contributed by atoms with E-state index in [0.29, 0.717) is 18.7 Å². The fourth-order valence-electron chi connectivity index (χ4n) is 4.31. The highest BCUT2D eigenvalue weighted by molar-refractivity contribution is 6.31. The minimum absolute atomic E-state index is 0.0775. The van der Waals surface area contributed by atoms with Crippen molar-refractivity contribution in [3.63, 3.8) is 0 Å². The van der Waals surface area contributed by atoms with Gasteiger partial charge in [-0.15, -0.1) is 0 Å². The molecule has 2 heterocycles. The molecule has 1 fully saturated rings. The Morgan fingerprint density at radius 1 is 0.889 bits per heavy atom. The number of hydrogen-bond donors (Lipinski definition) is 1. The number of barbiturate groups is 1. The standard InChI is InChI=1S/C29H25N3O4/c1-20-9-5-8-14-26(20)36-16-15-31-19-22(23-12-6-7-13-25(23)31)17-24-27(33)30-29(35)32(28(24)34)18-21-10-3-2-4-11-21/h2-14,17,19H,15-16,18H2,1H3,(H,30,33,35). The van der Waals surface area contributed by atoms with Crippen LogP contribution in [0.2, 0.25) is 0 Å². The predicted molar refractivity (Wildman–Crippen MR) is 137 cm³/mol. The van der Waals surface area contributed by atoms with Crippen LogP contribution in [0.4, 0.5) is 4.79 Å². The smallest absolute Gasteiger partial charge is 0.331 e. The molecule has 1 saturated heterocycles. The molecular weight excluding hydrogens is 454 g/mol. The number of amides is 4. The molecule has 1 aliphatic heterocycles. The monoisotopic (exact) mass is 479 g/mol. The molecule has 0 radical (unpaired) electrons.